The van der Waals surface area contributed by atoms with Gasteiger partial charge in [-0.25, -0.2) is 4.79 Å². The third kappa shape index (κ3) is 2.79. The molecule has 120 valence electrons. The van der Waals surface area contributed by atoms with E-state index < -0.39 is 5.76 Å². The van der Waals surface area contributed by atoms with Crippen molar-refractivity contribution in [1.29, 1.82) is 5.26 Å². The molecule has 6 heteroatoms. The monoisotopic (exact) mass is 328 g/mol. The lowest BCUT2D eigenvalue weighted by Crippen LogP contribution is -2.16. The van der Waals surface area contributed by atoms with E-state index in [9.17, 15) is 4.79 Å². The summed E-state index contributed by atoms with van der Waals surface area (Å²) in [5.41, 5.74) is 1.96. The van der Waals surface area contributed by atoms with Gasteiger partial charge in [-0.1, -0.05) is 36.4 Å². The molecule has 0 N–H and O–H groups in total. The molecule has 0 bridgehead atoms. The lowest BCUT2D eigenvalue weighted by molar-refractivity contribution is 0.494. The highest BCUT2D eigenvalue weighted by molar-refractivity contribution is 5.92. The third-order valence-corrected chi connectivity index (χ3v) is 3.90. The molecule has 0 fully saturated rings. The first-order valence-electron chi connectivity index (χ1n) is 7.66. The van der Waals surface area contributed by atoms with E-state index in [1.807, 2.05) is 30.3 Å². The Bertz CT molecular complexity index is 1150. The van der Waals surface area contributed by atoms with E-state index in [-0.39, 0.29) is 12.4 Å². The van der Waals surface area contributed by atoms with Crippen molar-refractivity contribution in [2.45, 2.75) is 6.54 Å². The van der Waals surface area contributed by atoms with E-state index in [1.54, 1.807) is 30.5 Å². The molecule has 2 aromatic heterocycles. The minimum absolute atomic E-state index is 0.190. The fraction of sp³-hybridized carbons (Fsp3) is 0.0526. The van der Waals surface area contributed by atoms with Gasteiger partial charge in [0, 0.05) is 11.6 Å². The minimum atomic E-state index is -0.547. The number of nitriles is 1. The zero-order chi connectivity index (χ0) is 17.2. The van der Waals surface area contributed by atoms with Gasteiger partial charge in [-0.05, 0) is 29.1 Å². The average molecular weight is 328 g/mol. The summed E-state index contributed by atoms with van der Waals surface area (Å²) in [5.74, 6) is -0.357. The summed E-state index contributed by atoms with van der Waals surface area (Å²) < 4.78 is 6.56. The highest BCUT2D eigenvalue weighted by Gasteiger charge is 2.14. The molecule has 6 nitrogen and oxygen atoms in total. The second-order valence-electron chi connectivity index (χ2n) is 5.52. The predicted molar refractivity (Wildman–Crippen MR) is 91.8 cm³/mol. The van der Waals surface area contributed by atoms with Crippen LogP contribution in [0.25, 0.3) is 22.4 Å². The van der Waals surface area contributed by atoms with Crippen LogP contribution < -0.4 is 5.76 Å². The van der Waals surface area contributed by atoms with Crippen LogP contribution in [0.5, 0.6) is 0 Å². The Morgan fingerprint density at radius 3 is 2.68 bits per heavy atom. The maximum Gasteiger partial charge on any atom is 0.437 e. The van der Waals surface area contributed by atoms with Crippen molar-refractivity contribution in [2.24, 2.45) is 0 Å². The van der Waals surface area contributed by atoms with Crippen LogP contribution >= 0.6 is 0 Å². The quantitative estimate of drug-likeness (QED) is 0.577. The summed E-state index contributed by atoms with van der Waals surface area (Å²) in [6.45, 7) is 0.263. The number of aromatic nitrogens is 3. The lowest BCUT2D eigenvalue weighted by Gasteiger charge is -2.01. The van der Waals surface area contributed by atoms with Gasteiger partial charge in [0.1, 0.15) is 5.69 Å². The molecule has 2 heterocycles. The van der Waals surface area contributed by atoms with Gasteiger partial charge in [0.05, 0.1) is 18.2 Å². The molecule has 2 aromatic carbocycles. The van der Waals surface area contributed by atoms with Crippen LogP contribution in [0.3, 0.4) is 0 Å². The second kappa shape index (κ2) is 6.06. The standard InChI is InChI=1S/C19H12N4O2/c20-11-13-5-7-14(8-6-13)12-23-19(24)25-18(22-23)17-16-4-2-1-3-15(16)9-10-21-17/h1-10H,12H2. The highest BCUT2D eigenvalue weighted by Crippen LogP contribution is 2.24. The van der Waals surface area contributed by atoms with Gasteiger partial charge < -0.3 is 4.42 Å². The Morgan fingerprint density at radius 2 is 1.88 bits per heavy atom. The Kier molecular flexibility index (Phi) is 3.60. The van der Waals surface area contributed by atoms with Crippen LogP contribution in [0, 0.1) is 11.3 Å². The number of pyridine rings is 1. The summed E-state index contributed by atoms with van der Waals surface area (Å²) in [4.78, 5) is 16.4. The molecule has 0 atom stereocenters. The largest absolute Gasteiger partial charge is 0.437 e. The van der Waals surface area contributed by atoms with Crippen LogP contribution in [0.2, 0.25) is 0 Å². The maximum absolute atomic E-state index is 12.1. The molecule has 0 saturated heterocycles. The topological polar surface area (TPSA) is 84.7 Å². The van der Waals surface area contributed by atoms with E-state index in [2.05, 4.69) is 16.2 Å². The molecule has 0 unspecified atom stereocenters. The van der Waals surface area contributed by atoms with Crippen molar-refractivity contribution in [3.8, 4) is 17.7 Å². The normalized spacial score (nSPS) is 10.7. The van der Waals surface area contributed by atoms with E-state index >= 15 is 0 Å². The molecule has 4 aromatic rings. The maximum atomic E-state index is 12.1. The molecule has 0 amide bonds. The van der Waals surface area contributed by atoms with E-state index in [0.717, 1.165) is 16.3 Å². The van der Waals surface area contributed by atoms with Gasteiger partial charge in [0.25, 0.3) is 5.89 Å². The molecule has 0 aliphatic rings. The molecule has 0 radical (unpaired) electrons. The summed E-state index contributed by atoms with van der Waals surface area (Å²) in [6, 6.07) is 18.7. The zero-order valence-electron chi connectivity index (χ0n) is 13.1. The average Bonchev–Trinajstić information content (AvgIpc) is 3.02. The summed E-state index contributed by atoms with van der Waals surface area (Å²) in [6.07, 6.45) is 1.66. The Hall–Kier alpha value is -3.72. The van der Waals surface area contributed by atoms with Gasteiger partial charge in [-0.2, -0.15) is 9.94 Å². The number of hydrogen-bond donors (Lipinski definition) is 0. The van der Waals surface area contributed by atoms with Crippen molar-refractivity contribution >= 4 is 10.8 Å². The third-order valence-electron chi connectivity index (χ3n) is 3.90. The van der Waals surface area contributed by atoms with Gasteiger partial charge in [-0.15, -0.1) is 5.10 Å². The summed E-state index contributed by atoms with van der Waals surface area (Å²) in [7, 11) is 0. The number of nitrogens with zero attached hydrogens (tertiary/aromatic N) is 4. The second-order valence-corrected chi connectivity index (χ2v) is 5.52. The van der Waals surface area contributed by atoms with Gasteiger partial charge in [-0.3, -0.25) is 4.98 Å². The molecule has 0 aliphatic heterocycles. The molecule has 0 spiro atoms. The van der Waals surface area contributed by atoms with Gasteiger partial charge in [0.2, 0.25) is 0 Å². The Morgan fingerprint density at radius 1 is 1.08 bits per heavy atom. The molecule has 0 saturated carbocycles. The van der Waals surface area contributed by atoms with Gasteiger partial charge in [0.15, 0.2) is 0 Å². The Balaban J connectivity index is 1.72. The fourth-order valence-corrected chi connectivity index (χ4v) is 2.65. The number of hydrogen-bond acceptors (Lipinski definition) is 5. The zero-order valence-corrected chi connectivity index (χ0v) is 13.1. The van der Waals surface area contributed by atoms with Crippen LogP contribution in [-0.2, 0) is 6.54 Å². The van der Waals surface area contributed by atoms with Crippen LogP contribution in [0.4, 0.5) is 0 Å². The van der Waals surface area contributed by atoms with Crippen molar-refractivity contribution in [3.63, 3.8) is 0 Å². The van der Waals surface area contributed by atoms with Crippen molar-refractivity contribution in [3.05, 3.63) is 82.5 Å². The number of fused-ring (bicyclic) bond motifs is 1. The fourth-order valence-electron chi connectivity index (χ4n) is 2.65. The smallest absolute Gasteiger partial charge is 0.386 e. The van der Waals surface area contributed by atoms with Crippen molar-refractivity contribution in [1.82, 2.24) is 14.8 Å². The number of rotatable bonds is 3. The molecular weight excluding hydrogens is 316 g/mol. The van der Waals surface area contributed by atoms with E-state index in [1.165, 1.54) is 4.68 Å². The van der Waals surface area contributed by atoms with Crippen LogP contribution in [-0.4, -0.2) is 14.8 Å². The SMILES string of the molecule is N#Cc1ccc(Cn2nc(-c3nccc4ccccc34)oc2=O)cc1. The van der Waals surface area contributed by atoms with Crippen molar-refractivity contribution < 1.29 is 4.42 Å². The van der Waals surface area contributed by atoms with E-state index in [4.69, 9.17) is 9.68 Å². The molecule has 0 aliphatic carbocycles. The summed E-state index contributed by atoms with van der Waals surface area (Å²) >= 11 is 0. The van der Waals surface area contributed by atoms with Gasteiger partial charge >= 0.3 is 5.76 Å². The van der Waals surface area contributed by atoms with E-state index in [0.29, 0.717) is 11.3 Å². The number of benzene rings is 2. The highest BCUT2D eigenvalue weighted by atomic mass is 16.4. The Labute approximate surface area is 142 Å². The minimum Gasteiger partial charge on any atom is -0.386 e. The molecule has 4 rings (SSSR count). The first-order chi connectivity index (χ1) is 12.2. The van der Waals surface area contributed by atoms with Crippen LogP contribution in [0.15, 0.2) is 70.0 Å². The first kappa shape index (κ1) is 14.8. The summed E-state index contributed by atoms with van der Waals surface area (Å²) in [5, 5.41) is 15.0. The van der Waals surface area contributed by atoms with Crippen LogP contribution in [0.1, 0.15) is 11.1 Å². The van der Waals surface area contributed by atoms with Crippen molar-refractivity contribution in [2.75, 3.05) is 0 Å². The lowest BCUT2D eigenvalue weighted by atomic mass is 10.1. The molecule has 25 heavy (non-hydrogen) atoms. The molecular formula is C19H12N4O2. The predicted octanol–water partition coefficient (Wildman–Crippen LogP) is 2.97. The first-order valence-corrected chi connectivity index (χ1v) is 7.66.